The predicted octanol–water partition coefficient (Wildman–Crippen LogP) is 2.53. The SMILES string of the molecule is N#Cc1c(NCc2ccc3c(c2)OCO3)nc(N)nc1-c1ccco1. The number of anilines is 2. The van der Waals surface area contributed by atoms with Crippen LogP contribution < -0.4 is 20.5 Å². The highest BCUT2D eigenvalue weighted by molar-refractivity contribution is 5.71. The van der Waals surface area contributed by atoms with Crippen molar-refractivity contribution in [1.29, 1.82) is 5.26 Å². The molecule has 1 aromatic carbocycles. The highest BCUT2D eigenvalue weighted by Gasteiger charge is 2.18. The second kappa shape index (κ2) is 6.05. The zero-order valence-corrected chi connectivity index (χ0v) is 13.0. The molecule has 0 saturated carbocycles. The Balaban J connectivity index is 1.63. The van der Waals surface area contributed by atoms with Gasteiger partial charge in [-0.05, 0) is 29.8 Å². The molecule has 1 aliphatic rings. The molecule has 0 unspecified atom stereocenters. The van der Waals surface area contributed by atoms with Crippen molar-refractivity contribution in [2.45, 2.75) is 6.54 Å². The fourth-order valence-electron chi connectivity index (χ4n) is 2.54. The van der Waals surface area contributed by atoms with Gasteiger partial charge in [0.05, 0.1) is 6.26 Å². The lowest BCUT2D eigenvalue weighted by Crippen LogP contribution is -2.08. The Morgan fingerprint density at radius 3 is 2.88 bits per heavy atom. The molecule has 0 aliphatic carbocycles. The summed E-state index contributed by atoms with van der Waals surface area (Å²) in [5.41, 5.74) is 7.35. The minimum absolute atomic E-state index is 0.0542. The monoisotopic (exact) mass is 335 g/mol. The summed E-state index contributed by atoms with van der Waals surface area (Å²) in [5.74, 6) is 2.26. The second-order valence-corrected chi connectivity index (χ2v) is 5.28. The molecule has 3 N–H and O–H groups in total. The predicted molar refractivity (Wildman–Crippen MR) is 88.8 cm³/mol. The van der Waals surface area contributed by atoms with E-state index in [4.69, 9.17) is 19.6 Å². The molecule has 0 spiro atoms. The van der Waals surface area contributed by atoms with E-state index in [1.807, 2.05) is 18.2 Å². The van der Waals surface area contributed by atoms with Crippen molar-refractivity contribution in [3.05, 3.63) is 47.7 Å². The zero-order valence-electron chi connectivity index (χ0n) is 13.0. The maximum atomic E-state index is 9.52. The first kappa shape index (κ1) is 14.8. The lowest BCUT2D eigenvalue weighted by atomic mass is 10.1. The second-order valence-electron chi connectivity index (χ2n) is 5.28. The van der Waals surface area contributed by atoms with E-state index in [1.165, 1.54) is 6.26 Å². The standard InChI is InChI=1S/C17H13N5O3/c18-7-11-15(13-2-1-5-23-13)21-17(19)22-16(11)20-8-10-3-4-12-14(6-10)25-9-24-12/h1-6H,8-9H2,(H3,19,20,21,22). The average Bonchev–Trinajstić information content (AvgIpc) is 3.30. The Hall–Kier alpha value is -3.73. The lowest BCUT2D eigenvalue weighted by Gasteiger charge is -2.10. The van der Waals surface area contributed by atoms with Crippen LogP contribution in [0.3, 0.4) is 0 Å². The fraction of sp³-hybridized carbons (Fsp3) is 0.118. The summed E-state index contributed by atoms with van der Waals surface area (Å²) >= 11 is 0. The Morgan fingerprint density at radius 2 is 2.08 bits per heavy atom. The molecule has 3 aromatic rings. The van der Waals surface area contributed by atoms with Gasteiger partial charge in [-0.2, -0.15) is 10.2 Å². The van der Waals surface area contributed by atoms with Gasteiger partial charge < -0.3 is 24.9 Å². The van der Waals surface area contributed by atoms with E-state index in [0.29, 0.717) is 35.3 Å². The van der Waals surface area contributed by atoms with Crippen LogP contribution in [0.25, 0.3) is 11.5 Å². The minimum atomic E-state index is 0.0542. The number of nitrogens with one attached hydrogen (secondary N) is 1. The highest BCUT2D eigenvalue weighted by Crippen LogP contribution is 2.33. The van der Waals surface area contributed by atoms with Crippen molar-refractivity contribution in [2.24, 2.45) is 0 Å². The molecular weight excluding hydrogens is 322 g/mol. The van der Waals surface area contributed by atoms with Crippen LogP contribution in [0.2, 0.25) is 0 Å². The average molecular weight is 335 g/mol. The van der Waals surface area contributed by atoms with E-state index in [-0.39, 0.29) is 18.3 Å². The molecule has 0 fully saturated rings. The minimum Gasteiger partial charge on any atom is -0.463 e. The molecule has 0 bridgehead atoms. The first-order valence-electron chi connectivity index (χ1n) is 7.48. The fourth-order valence-corrected chi connectivity index (χ4v) is 2.54. The third kappa shape index (κ3) is 2.79. The van der Waals surface area contributed by atoms with Crippen LogP contribution in [-0.2, 0) is 6.54 Å². The smallest absolute Gasteiger partial charge is 0.231 e. The number of hydrogen-bond donors (Lipinski definition) is 2. The van der Waals surface area contributed by atoms with Crippen molar-refractivity contribution in [2.75, 3.05) is 17.8 Å². The summed E-state index contributed by atoms with van der Waals surface area (Å²) in [6.07, 6.45) is 1.51. The third-order valence-electron chi connectivity index (χ3n) is 3.69. The van der Waals surface area contributed by atoms with Crippen molar-refractivity contribution >= 4 is 11.8 Å². The summed E-state index contributed by atoms with van der Waals surface area (Å²) in [4.78, 5) is 8.26. The molecule has 0 atom stereocenters. The van der Waals surface area contributed by atoms with Gasteiger partial charge in [0.2, 0.25) is 12.7 Å². The van der Waals surface area contributed by atoms with Crippen molar-refractivity contribution in [3.8, 4) is 29.0 Å². The van der Waals surface area contributed by atoms with Crippen LogP contribution in [0.5, 0.6) is 11.5 Å². The van der Waals surface area contributed by atoms with Crippen LogP contribution in [0, 0.1) is 11.3 Å². The normalized spacial score (nSPS) is 12.0. The van der Waals surface area contributed by atoms with Crippen LogP contribution in [-0.4, -0.2) is 16.8 Å². The number of fused-ring (bicyclic) bond motifs is 1. The van der Waals surface area contributed by atoms with Crippen LogP contribution >= 0.6 is 0 Å². The highest BCUT2D eigenvalue weighted by atomic mass is 16.7. The summed E-state index contributed by atoms with van der Waals surface area (Å²) in [6, 6.07) is 11.2. The molecule has 0 amide bonds. The van der Waals surface area contributed by atoms with Gasteiger partial charge in [-0.3, -0.25) is 0 Å². The Bertz CT molecular complexity index is 963. The molecule has 0 radical (unpaired) electrons. The molecule has 0 saturated heterocycles. The number of hydrogen-bond acceptors (Lipinski definition) is 8. The Labute approximate surface area is 142 Å². The molecule has 8 nitrogen and oxygen atoms in total. The van der Waals surface area contributed by atoms with Crippen molar-refractivity contribution in [3.63, 3.8) is 0 Å². The largest absolute Gasteiger partial charge is 0.463 e. The molecule has 2 aromatic heterocycles. The molecule has 4 rings (SSSR count). The molecule has 25 heavy (non-hydrogen) atoms. The quantitative estimate of drug-likeness (QED) is 0.746. The summed E-state index contributed by atoms with van der Waals surface area (Å²) in [6.45, 7) is 0.652. The number of nitrogen functional groups attached to an aromatic ring is 1. The van der Waals surface area contributed by atoms with Crippen LogP contribution in [0.1, 0.15) is 11.1 Å². The molecular formula is C17H13N5O3. The number of furan rings is 1. The Kier molecular flexibility index (Phi) is 3.59. The van der Waals surface area contributed by atoms with E-state index in [2.05, 4.69) is 21.4 Å². The van der Waals surface area contributed by atoms with E-state index in [0.717, 1.165) is 5.56 Å². The van der Waals surface area contributed by atoms with Gasteiger partial charge in [0.1, 0.15) is 17.3 Å². The van der Waals surface area contributed by atoms with Crippen LogP contribution in [0.4, 0.5) is 11.8 Å². The van der Waals surface area contributed by atoms with Gasteiger partial charge in [0.25, 0.3) is 0 Å². The topological polar surface area (TPSA) is 119 Å². The number of ether oxygens (including phenoxy) is 2. The summed E-state index contributed by atoms with van der Waals surface area (Å²) in [7, 11) is 0. The summed E-state index contributed by atoms with van der Waals surface area (Å²) < 4.78 is 16.0. The number of aromatic nitrogens is 2. The summed E-state index contributed by atoms with van der Waals surface area (Å²) in [5, 5.41) is 12.6. The molecule has 124 valence electrons. The van der Waals surface area contributed by atoms with Gasteiger partial charge in [0, 0.05) is 6.54 Å². The number of nitrogens with zero attached hydrogens (tertiary/aromatic N) is 3. The van der Waals surface area contributed by atoms with Crippen molar-refractivity contribution in [1.82, 2.24) is 9.97 Å². The van der Waals surface area contributed by atoms with Gasteiger partial charge in [0.15, 0.2) is 23.1 Å². The number of nitriles is 1. The molecule has 8 heteroatoms. The van der Waals surface area contributed by atoms with E-state index >= 15 is 0 Å². The zero-order chi connectivity index (χ0) is 17.2. The third-order valence-corrected chi connectivity index (χ3v) is 3.69. The number of rotatable bonds is 4. The van der Waals surface area contributed by atoms with E-state index < -0.39 is 0 Å². The maximum absolute atomic E-state index is 9.52. The van der Waals surface area contributed by atoms with Crippen molar-refractivity contribution < 1.29 is 13.9 Å². The molecule has 3 heterocycles. The first-order chi connectivity index (χ1) is 12.2. The van der Waals surface area contributed by atoms with Gasteiger partial charge >= 0.3 is 0 Å². The first-order valence-corrected chi connectivity index (χ1v) is 7.48. The van der Waals surface area contributed by atoms with Gasteiger partial charge in [-0.25, -0.2) is 4.98 Å². The van der Waals surface area contributed by atoms with Crippen LogP contribution in [0.15, 0.2) is 41.0 Å². The van der Waals surface area contributed by atoms with E-state index in [1.54, 1.807) is 12.1 Å². The Morgan fingerprint density at radius 1 is 1.20 bits per heavy atom. The number of benzene rings is 1. The van der Waals surface area contributed by atoms with Gasteiger partial charge in [-0.1, -0.05) is 6.07 Å². The molecule has 1 aliphatic heterocycles. The number of nitrogens with two attached hydrogens (primary N) is 1. The van der Waals surface area contributed by atoms with Gasteiger partial charge in [-0.15, -0.1) is 0 Å². The lowest BCUT2D eigenvalue weighted by molar-refractivity contribution is 0.174. The maximum Gasteiger partial charge on any atom is 0.231 e. The van der Waals surface area contributed by atoms with E-state index in [9.17, 15) is 5.26 Å².